The topological polar surface area (TPSA) is 29.1 Å². The van der Waals surface area contributed by atoms with Crippen molar-refractivity contribution in [3.05, 3.63) is 64.2 Å². The second-order valence-electron chi connectivity index (χ2n) is 5.32. The van der Waals surface area contributed by atoms with Gasteiger partial charge >= 0.3 is 0 Å². The monoisotopic (exact) mass is 267 g/mol. The van der Waals surface area contributed by atoms with Crippen LogP contribution in [0.4, 0.5) is 5.69 Å². The van der Waals surface area contributed by atoms with Crippen LogP contribution in [0.3, 0.4) is 0 Å². The molecule has 0 aliphatic heterocycles. The van der Waals surface area contributed by atoms with E-state index in [0.717, 1.165) is 16.8 Å². The maximum Gasteiger partial charge on any atom is 0.181 e. The number of ketones is 1. The summed E-state index contributed by atoms with van der Waals surface area (Å²) in [5.41, 5.74) is 6.59. The minimum Gasteiger partial charge on any atom is -0.377 e. The van der Waals surface area contributed by atoms with Crippen LogP contribution in [0.5, 0.6) is 0 Å². The number of carbonyl (C=O) groups is 1. The first-order chi connectivity index (χ1) is 9.49. The molecule has 0 spiro atoms. The van der Waals surface area contributed by atoms with E-state index in [-0.39, 0.29) is 5.78 Å². The van der Waals surface area contributed by atoms with E-state index < -0.39 is 0 Å². The van der Waals surface area contributed by atoms with Crippen LogP contribution >= 0.6 is 0 Å². The van der Waals surface area contributed by atoms with E-state index in [1.807, 2.05) is 37.3 Å². The highest BCUT2D eigenvalue weighted by Gasteiger charge is 2.08. The van der Waals surface area contributed by atoms with Crippen LogP contribution in [0.1, 0.15) is 32.6 Å². The van der Waals surface area contributed by atoms with E-state index in [1.165, 1.54) is 16.7 Å². The number of hydrogen-bond acceptors (Lipinski definition) is 2. The third-order valence-electron chi connectivity index (χ3n) is 3.87. The molecule has 0 saturated heterocycles. The van der Waals surface area contributed by atoms with E-state index in [2.05, 4.69) is 32.2 Å². The molecule has 20 heavy (non-hydrogen) atoms. The molecule has 0 unspecified atom stereocenters. The first kappa shape index (κ1) is 14.3. The van der Waals surface area contributed by atoms with E-state index in [1.54, 1.807) is 0 Å². The summed E-state index contributed by atoms with van der Waals surface area (Å²) in [7, 11) is 0. The highest BCUT2D eigenvalue weighted by Crippen LogP contribution is 2.18. The maximum atomic E-state index is 12.2. The summed E-state index contributed by atoms with van der Waals surface area (Å²) in [6.07, 6.45) is 0. The Hall–Kier alpha value is -2.09. The number of rotatable bonds is 4. The van der Waals surface area contributed by atoms with E-state index in [9.17, 15) is 4.79 Å². The van der Waals surface area contributed by atoms with Crippen molar-refractivity contribution >= 4 is 11.5 Å². The van der Waals surface area contributed by atoms with Crippen molar-refractivity contribution < 1.29 is 4.79 Å². The van der Waals surface area contributed by atoms with Gasteiger partial charge in [-0.15, -0.1) is 0 Å². The summed E-state index contributed by atoms with van der Waals surface area (Å²) in [4.78, 5) is 12.2. The average Bonchev–Trinajstić information content (AvgIpc) is 2.43. The SMILES string of the molecule is Cc1ccc(C(=O)CNc2cccc(C)c2C)cc1C. The fourth-order valence-electron chi connectivity index (χ4n) is 2.14. The number of carbonyl (C=O) groups excluding carboxylic acids is 1. The van der Waals surface area contributed by atoms with Crippen LogP contribution in [-0.2, 0) is 0 Å². The minimum absolute atomic E-state index is 0.119. The van der Waals surface area contributed by atoms with Crippen LogP contribution in [0.15, 0.2) is 36.4 Å². The molecule has 0 fully saturated rings. The Morgan fingerprint density at radius 1 is 0.950 bits per heavy atom. The molecule has 2 heteroatoms. The van der Waals surface area contributed by atoms with Crippen molar-refractivity contribution in [1.82, 2.24) is 0 Å². The summed E-state index contributed by atoms with van der Waals surface area (Å²) in [5.74, 6) is 0.119. The lowest BCUT2D eigenvalue weighted by atomic mass is 10.0. The van der Waals surface area contributed by atoms with Gasteiger partial charge < -0.3 is 5.32 Å². The Morgan fingerprint density at radius 2 is 1.70 bits per heavy atom. The predicted molar refractivity (Wildman–Crippen MR) is 84.7 cm³/mol. The number of hydrogen-bond donors (Lipinski definition) is 1. The Balaban J connectivity index is 2.08. The Morgan fingerprint density at radius 3 is 2.40 bits per heavy atom. The average molecular weight is 267 g/mol. The first-order valence-electron chi connectivity index (χ1n) is 6.89. The van der Waals surface area contributed by atoms with Gasteiger partial charge in [-0.05, 0) is 62.1 Å². The van der Waals surface area contributed by atoms with Crippen LogP contribution < -0.4 is 5.32 Å². The van der Waals surface area contributed by atoms with Gasteiger partial charge in [0.1, 0.15) is 0 Å². The van der Waals surface area contributed by atoms with E-state index >= 15 is 0 Å². The summed E-state index contributed by atoms with van der Waals surface area (Å²) < 4.78 is 0. The van der Waals surface area contributed by atoms with Gasteiger partial charge in [-0.1, -0.05) is 24.3 Å². The molecule has 0 amide bonds. The number of nitrogens with one attached hydrogen (secondary N) is 1. The molecule has 1 N–H and O–H groups in total. The summed E-state index contributed by atoms with van der Waals surface area (Å²) >= 11 is 0. The molecule has 104 valence electrons. The van der Waals surface area contributed by atoms with E-state index in [0.29, 0.717) is 6.54 Å². The van der Waals surface area contributed by atoms with Gasteiger partial charge in [0.25, 0.3) is 0 Å². The molecule has 0 aliphatic carbocycles. The quantitative estimate of drug-likeness (QED) is 0.840. The summed E-state index contributed by atoms with van der Waals surface area (Å²) in [5, 5.41) is 3.24. The minimum atomic E-state index is 0.119. The van der Waals surface area contributed by atoms with Gasteiger partial charge in [0.15, 0.2) is 5.78 Å². The molecule has 0 radical (unpaired) electrons. The lowest BCUT2D eigenvalue weighted by molar-refractivity contribution is 0.101. The van der Waals surface area contributed by atoms with Crippen LogP contribution in [0, 0.1) is 27.7 Å². The van der Waals surface area contributed by atoms with Gasteiger partial charge in [-0.2, -0.15) is 0 Å². The van der Waals surface area contributed by atoms with Crippen LogP contribution in [-0.4, -0.2) is 12.3 Å². The van der Waals surface area contributed by atoms with Gasteiger partial charge in [0, 0.05) is 11.3 Å². The normalized spacial score (nSPS) is 10.4. The van der Waals surface area contributed by atoms with Crippen molar-refractivity contribution in [1.29, 1.82) is 0 Å². The Bertz CT molecular complexity index is 644. The van der Waals surface area contributed by atoms with Gasteiger partial charge in [0.05, 0.1) is 6.54 Å². The highest BCUT2D eigenvalue weighted by atomic mass is 16.1. The molecule has 2 nitrogen and oxygen atoms in total. The van der Waals surface area contributed by atoms with Crippen LogP contribution in [0.25, 0.3) is 0 Å². The van der Waals surface area contributed by atoms with Gasteiger partial charge in [0.2, 0.25) is 0 Å². The van der Waals surface area contributed by atoms with Crippen molar-refractivity contribution in [3.63, 3.8) is 0 Å². The maximum absolute atomic E-state index is 12.2. The molecule has 0 atom stereocenters. The molecule has 2 aromatic carbocycles. The van der Waals surface area contributed by atoms with Crippen molar-refractivity contribution in [2.75, 3.05) is 11.9 Å². The number of benzene rings is 2. The zero-order chi connectivity index (χ0) is 14.7. The summed E-state index contributed by atoms with van der Waals surface area (Å²) in [6, 6.07) is 11.9. The van der Waals surface area contributed by atoms with E-state index in [4.69, 9.17) is 0 Å². The molecule has 0 saturated carbocycles. The molecule has 0 aromatic heterocycles. The third-order valence-corrected chi connectivity index (χ3v) is 3.87. The number of anilines is 1. The van der Waals surface area contributed by atoms with Crippen molar-refractivity contribution in [2.24, 2.45) is 0 Å². The molecule has 2 rings (SSSR count). The third kappa shape index (κ3) is 3.08. The number of Topliss-reactive ketones (excluding diaryl/α,β-unsaturated/α-hetero) is 1. The molecule has 2 aromatic rings. The first-order valence-corrected chi connectivity index (χ1v) is 6.89. The highest BCUT2D eigenvalue weighted by molar-refractivity contribution is 5.99. The fraction of sp³-hybridized carbons (Fsp3) is 0.278. The molecule has 0 heterocycles. The largest absolute Gasteiger partial charge is 0.377 e. The molecule has 0 bridgehead atoms. The molecular weight excluding hydrogens is 246 g/mol. The summed E-state index contributed by atoms with van der Waals surface area (Å²) in [6.45, 7) is 8.55. The van der Waals surface area contributed by atoms with Gasteiger partial charge in [-0.25, -0.2) is 0 Å². The fourth-order valence-corrected chi connectivity index (χ4v) is 2.14. The number of aryl methyl sites for hydroxylation is 3. The van der Waals surface area contributed by atoms with Crippen molar-refractivity contribution in [3.8, 4) is 0 Å². The van der Waals surface area contributed by atoms with Gasteiger partial charge in [-0.3, -0.25) is 4.79 Å². The Kier molecular flexibility index (Phi) is 4.23. The molecule has 0 aliphatic rings. The molecular formula is C18H21NO. The lowest BCUT2D eigenvalue weighted by Gasteiger charge is -2.11. The standard InChI is InChI=1S/C18H21NO/c1-12-8-9-16(10-14(12)3)18(20)11-19-17-7-5-6-13(2)15(17)4/h5-10,19H,11H2,1-4H3. The lowest BCUT2D eigenvalue weighted by Crippen LogP contribution is -2.15. The smallest absolute Gasteiger partial charge is 0.181 e. The Labute approximate surface area is 120 Å². The second kappa shape index (κ2) is 5.91. The van der Waals surface area contributed by atoms with Crippen molar-refractivity contribution in [2.45, 2.75) is 27.7 Å². The van der Waals surface area contributed by atoms with Crippen LogP contribution in [0.2, 0.25) is 0 Å². The zero-order valence-electron chi connectivity index (χ0n) is 12.6. The predicted octanol–water partition coefficient (Wildman–Crippen LogP) is 4.22. The zero-order valence-corrected chi connectivity index (χ0v) is 12.6. The second-order valence-corrected chi connectivity index (χ2v) is 5.32.